The number of nitrogens with one attached hydrogen (secondary N) is 2. The van der Waals surface area contributed by atoms with Crippen molar-refractivity contribution in [1.29, 1.82) is 0 Å². The molecule has 94 valence electrons. The van der Waals surface area contributed by atoms with Crippen LogP contribution < -0.4 is 5.32 Å². The monoisotopic (exact) mass is 245 g/mol. The first-order valence-electron chi connectivity index (χ1n) is 5.59. The van der Waals surface area contributed by atoms with Gasteiger partial charge in [0.05, 0.1) is 12.8 Å². The van der Waals surface area contributed by atoms with Crippen molar-refractivity contribution >= 4 is 11.8 Å². The number of hydrogen-bond donors (Lipinski definition) is 2. The highest BCUT2D eigenvalue weighted by Crippen LogP contribution is 2.22. The molecule has 0 saturated carbocycles. The highest BCUT2D eigenvalue weighted by Gasteiger charge is 2.07. The van der Waals surface area contributed by atoms with Crippen LogP contribution in [0.2, 0.25) is 0 Å². The Morgan fingerprint density at radius 2 is 1.94 bits per heavy atom. The van der Waals surface area contributed by atoms with Gasteiger partial charge < -0.3 is 9.72 Å². The third-order valence-corrected chi connectivity index (χ3v) is 2.59. The fourth-order valence-electron chi connectivity index (χ4n) is 1.77. The zero-order valence-electron chi connectivity index (χ0n) is 10.6. The molecule has 0 unspecified atom stereocenters. The highest BCUT2D eigenvalue weighted by molar-refractivity contribution is 5.84. The number of hydrogen-bond acceptors (Lipinski definition) is 3. The van der Waals surface area contributed by atoms with Crippen LogP contribution in [-0.4, -0.2) is 23.2 Å². The fourth-order valence-corrected chi connectivity index (χ4v) is 1.77. The maximum absolute atomic E-state index is 11.0. The topological polar surface area (TPSA) is 67.0 Å². The minimum Gasteiger partial charge on any atom is -0.453 e. The van der Waals surface area contributed by atoms with Gasteiger partial charge in [-0.2, -0.15) is 0 Å². The van der Waals surface area contributed by atoms with Crippen LogP contribution in [0.3, 0.4) is 0 Å². The molecule has 0 bridgehead atoms. The number of rotatable bonds is 2. The summed E-state index contributed by atoms with van der Waals surface area (Å²) in [5.74, 6) is 0.888. The molecule has 1 aromatic carbocycles. The molecule has 0 aliphatic carbocycles. The predicted molar refractivity (Wildman–Crippen MR) is 69.5 cm³/mol. The summed E-state index contributed by atoms with van der Waals surface area (Å²) in [6.07, 6.45) is -0.477. The average molecular weight is 245 g/mol. The molecular formula is C13H15N3O2. The number of aromatic amines is 1. The minimum atomic E-state index is -0.477. The van der Waals surface area contributed by atoms with E-state index in [-0.39, 0.29) is 0 Å². The molecule has 5 heteroatoms. The lowest BCUT2D eigenvalue weighted by atomic mass is 10.1. The summed E-state index contributed by atoms with van der Waals surface area (Å²) >= 11 is 0. The first-order chi connectivity index (χ1) is 8.60. The van der Waals surface area contributed by atoms with Gasteiger partial charge in [0.15, 0.2) is 0 Å². The second kappa shape index (κ2) is 4.91. The molecule has 1 aromatic heterocycles. The van der Waals surface area contributed by atoms with Crippen LogP contribution in [0.4, 0.5) is 10.5 Å². The van der Waals surface area contributed by atoms with Gasteiger partial charge in [-0.25, -0.2) is 9.78 Å². The number of nitrogens with zero attached hydrogens (tertiary/aromatic N) is 1. The van der Waals surface area contributed by atoms with Gasteiger partial charge >= 0.3 is 6.09 Å². The fraction of sp³-hybridized carbons (Fsp3) is 0.231. The normalized spacial score (nSPS) is 10.2. The van der Waals surface area contributed by atoms with Gasteiger partial charge in [-0.15, -0.1) is 0 Å². The van der Waals surface area contributed by atoms with E-state index in [9.17, 15) is 4.79 Å². The van der Waals surface area contributed by atoms with Gasteiger partial charge in [-0.3, -0.25) is 5.32 Å². The number of H-pyrrole nitrogens is 1. The van der Waals surface area contributed by atoms with Crippen LogP contribution in [0.15, 0.2) is 24.3 Å². The standard InChI is InChI=1S/C13H15N3O2/c1-8-12(15-9(2)14-8)10-4-6-11(7-5-10)16-13(17)18-3/h4-7H,1-3H3,(H,14,15)(H,16,17). The van der Waals surface area contributed by atoms with E-state index in [2.05, 4.69) is 20.0 Å². The number of methoxy groups -OCH3 is 1. The summed E-state index contributed by atoms with van der Waals surface area (Å²) in [5, 5.41) is 2.60. The Morgan fingerprint density at radius 3 is 2.44 bits per heavy atom. The van der Waals surface area contributed by atoms with E-state index < -0.39 is 6.09 Å². The molecule has 2 N–H and O–H groups in total. The van der Waals surface area contributed by atoms with Crippen LogP contribution in [0.5, 0.6) is 0 Å². The van der Waals surface area contributed by atoms with Crippen molar-refractivity contribution in [2.24, 2.45) is 0 Å². The third-order valence-electron chi connectivity index (χ3n) is 2.59. The maximum Gasteiger partial charge on any atom is 0.411 e. The summed E-state index contributed by atoms with van der Waals surface area (Å²) in [7, 11) is 1.33. The molecule has 0 aliphatic heterocycles. The second-order valence-electron chi connectivity index (χ2n) is 3.99. The number of carbonyl (C=O) groups is 1. The molecule has 0 spiro atoms. The van der Waals surface area contributed by atoms with Gasteiger partial charge in [0.1, 0.15) is 5.82 Å². The van der Waals surface area contributed by atoms with E-state index >= 15 is 0 Å². The Kier molecular flexibility index (Phi) is 3.32. The first kappa shape index (κ1) is 12.2. The number of imidazole rings is 1. The lowest BCUT2D eigenvalue weighted by Crippen LogP contribution is -2.10. The molecule has 0 saturated heterocycles. The Hall–Kier alpha value is -2.30. The maximum atomic E-state index is 11.0. The SMILES string of the molecule is COC(=O)Nc1ccc(-c2nc(C)[nH]c2C)cc1. The van der Waals surface area contributed by atoms with Crippen LogP contribution in [-0.2, 0) is 4.74 Å². The van der Waals surface area contributed by atoms with Crippen LogP contribution in [0, 0.1) is 13.8 Å². The highest BCUT2D eigenvalue weighted by atomic mass is 16.5. The molecule has 0 fully saturated rings. The number of anilines is 1. The number of carbonyl (C=O) groups excluding carboxylic acids is 1. The summed E-state index contributed by atoms with van der Waals surface area (Å²) in [4.78, 5) is 18.6. The molecule has 1 amide bonds. The van der Waals surface area contributed by atoms with Gasteiger partial charge in [0.2, 0.25) is 0 Å². The molecule has 2 rings (SSSR count). The number of benzene rings is 1. The molecule has 1 heterocycles. The number of aryl methyl sites for hydroxylation is 2. The second-order valence-corrected chi connectivity index (χ2v) is 3.99. The van der Waals surface area contributed by atoms with Crippen molar-refractivity contribution in [3.05, 3.63) is 35.8 Å². The van der Waals surface area contributed by atoms with E-state index in [4.69, 9.17) is 0 Å². The smallest absolute Gasteiger partial charge is 0.411 e. The van der Waals surface area contributed by atoms with E-state index in [1.165, 1.54) is 7.11 Å². The molecule has 0 radical (unpaired) electrons. The summed E-state index contributed by atoms with van der Waals surface area (Å²) < 4.78 is 4.52. The zero-order valence-corrected chi connectivity index (χ0v) is 10.6. The van der Waals surface area contributed by atoms with Crippen molar-refractivity contribution in [3.8, 4) is 11.3 Å². The summed E-state index contributed by atoms with van der Waals surface area (Å²) in [6.45, 7) is 3.90. The zero-order chi connectivity index (χ0) is 13.1. The first-order valence-corrected chi connectivity index (χ1v) is 5.59. The van der Waals surface area contributed by atoms with Crippen molar-refractivity contribution < 1.29 is 9.53 Å². The van der Waals surface area contributed by atoms with Crippen molar-refractivity contribution in [2.45, 2.75) is 13.8 Å². The Bertz CT molecular complexity index is 558. The van der Waals surface area contributed by atoms with Crippen molar-refractivity contribution in [3.63, 3.8) is 0 Å². The van der Waals surface area contributed by atoms with Gasteiger partial charge in [0, 0.05) is 16.9 Å². The molecule has 2 aromatic rings. The van der Waals surface area contributed by atoms with Gasteiger partial charge in [0.25, 0.3) is 0 Å². The largest absolute Gasteiger partial charge is 0.453 e. The third kappa shape index (κ3) is 2.51. The lowest BCUT2D eigenvalue weighted by molar-refractivity contribution is 0.187. The Labute approximate surface area is 105 Å². The summed E-state index contributed by atoms with van der Waals surface area (Å²) in [6, 6.07) is 7.45. The molecule has 18 heavy (non-hydrogen) atoms. The molecule has 5 nitrogen and oxygen atoms in total. The van der Waals surface area contributed by atoms with E-state index in [0.717, 1.165) is 22.8 Å². The summed E-state index contributed by atoms with van der Waals surface area (Å²) in [5.41, 5.74) is 3.65. The quantitative estimate of drug-likeness (QED) is 0.854. The van der Waals surface area contributed by atoms with Gasteiger partial charge in [-0.05, 0) is 26.0 Å². The van der Waals surface area contributed by atoms with Crippen LogP contribution in [0.1, 0.15) is 11.5 Å². The van der Waals surface area contributed by atoms with E-state index in [1.807, 2.05) is 38.1 Å². The predicted octanol–water partition coefficient (Wildman–Crippen LogP) is 2.87. The molecular weight excluding hydrogens is 230 g/mol. The number of amides is 1. The number of ether oxygens (including phenoxy) is 1. The Morgan fingerprint density at radius 1 is 1.28 bits per heavy atom. The lowest BCUT2D eigenvalue weighted by Gasteiger charge is -2.04. The van der Waals surface area contributed by atoms with Crippen molar-refractivity contribution in [2.75, 3.05) is 12.4 Å². The molecule has 0 atom stereocenters. The minimum absolute atomic E-state index is 0.477. The van der Waals surface area contributed by atoms with E-state index in [0.29, 0.717) is 5.69 Å². The van der Waals surface area contributed by atoms with Crippen molar-refractivity contribution in [1.82, 2.24) is 9.97 Å². The molecule has 0 aliphatic rings. The Balaban J connectivity index is 2.22. The van der Waals surface area contributed by atoms with Gasteiger partial charge in [-0.1, -0.05) is 12.1 Å². The average Bonchev–Trinajstić information content (AvgIpc) is 2.69. The number of aromatic nitrogens is 2. The van der Waals surface area contributed by atoms with Crippen LogP contribution >= 0.6 is 0 Å². The van der Waals surface area contributed by atoms with Crippen LogP contribution in [0.25, 0.3) is 11.3 Å². The van der Waals surface area contributed by atoms with E-state index in [1.54, 1.807) is 0 Å².